The number of terminal acetylenes is 1. The molecule has 0 aliphatic heterocycles. The topological polar surface area (TPSA) is 26.0 Å². The number of hydrogen-bond acceptors (Lipinski definition) is 1. The van der Waals surface area contributed by atoms with Crippen molar-refractivity contribution >= 4 is 0 Å². The molecule has 0 spiro atoms. The summed E-state index contributed by atoms with van der Waals surface area (Å²) in [7, 11) is 0. The highest BCUT2D eigenvalue weighted by Gasteiger charge is 2.29. The summed E-state index contributed by atoms with van der Waals surface area (Å²) in [6, 6.07) is 0. The molecule has 0 aromatic rings. The highest BCUT2D eigenvalue weighted by molar-refractivity contribution is 4.96. The molecule has 0 saturated heterocycles. The first-order valence-electron chi connectivity index (χ1n) is 4.46. The van der Waals surface area contributed by atoms with E-state index in [1.165, 1.54) is 32.1 Å². The molecule has 1 fully saturated rings. The Labute approximate surface area is 69.4 Å². The van der Waals surface area contributed by atoms with Crippen LogP contribution in [0.15, 0.2) is 0 Å². The van der Waals surface area contributed by atoms with Crippen LogP contribution in [0, 0.1) is 17.8 Å². The summed E-state index contributed by atoms with van der Waals surface area (Å²) in [6.45, 7) is 0.775. The molecular formula is C10H17N. The van der Waals surface area contributed by atoms with Crippen molar-refractivity contribution in [3.05, 3.63) is 0 Å². The predicted molar refractivity (Wildman–Crippen MR) is 48.0 cm³/mol. The first kappa shape index (κ1) is 8.62. The van der Waals surface area contributed by atoms with Gasteiger partial charge in [0.05, 0.1) is 0 Å². The lowest BCUT2D eigenvalue weighted by Crippen LogP contribution is -2.32. The zero-order chi connectivity index (χ0) is 8.16. The molecule has 0 aromatic carbocycles. The Bertz CT molecular complexity index is 149. The summed E-state index contributed by atoms with van der Waals surface area (Å²) in [5, 5.41) is 0. The van der Waals surface area contributed by atoms with E-state index in [1.807, 2.05) is 0 Å². The molecule has 0 bridgehead atoms. The van der Waals surface area contributed by atoms with Gasteiger partial charge in [0.15, 0.2) is 0 Å². The van der Waals surface area contributed by atoms with Crippen LogP contribution in [-0.4, -0.2) is 6.54 Å². The van der Waals surface area contributed by atoms with E-state index in [2.05, 4.69) is 5.92 Å². The van der Waals surface area contributed by atoms with Gasteiger partial charge in [0.2, 0.25) is 0 Å². The van der Waals surface area contributed by atoms with E-state index >= 15 is 0 Å². The van der Waals surface area contributed by atoms with E-state index < -0.39 is 0 Å². The summed E-state index contributed by atoms with van der Waals surface area (Å²) < 4.78 is 0. The Morgan fingerprint density at radius 3 is 2.36 bits per heavy atom. The van der Waals surface area contributed by atoms with Crippen molar-refractivity contribution in [1.29, 1.82) is 0 Å². The number of rotatable bonds is 2. The third-order valence-corrected chi connectivity index (χ3v) is 2.82. The molecule has 1 aliphatic carbocycles. The van der Waals surface area contributed by atoms with E-state index in [9.17, 15) is 0 Å². The van der Waals surface area contributed by atoms with Gasteiger partial charge in [-0.1, -0.05) is 19.3 Å². The Balaban J connectivity index is 2.51. The maximum atomic E-state index is 5.73. The smallest absolute Gasteiger partial charge is 0.0155 e. The molecule has 0 unspecified atom stereocenters. The lowest BCUT2D eigenvalue weighted by molar-refractivity contribution is 0.205. The average molecular weight is 151 g/mol. The second kappa shape index (κ2) is 3.78. The minimum absolute atomic E-state index is 0.312. The summed E-state index contributed by atoms with van der Waals surface area (Å²) in [5.41, 5.74) is 6.04. The standard InChI is InChI=1S/C10H17N/c1-2-6-10(9-11)7-4-3-5-8-10/h1H,3-9,11H2. The van der Waals surface area contributed by atoms with Gasteiger partial charge in [-0.3, -0.25) is 0 Å². The van der Waals surface area contributed by atoms with Crippen LogP contribution in [0.1, 0.15) is 38.5 Å². The molecule has 2 N–H and O–H groups in total. The van der Waals surface area contributed by atoms with Crippen LogP contribution in [0.3, 0.4) is 0 Å². The third kappa shape index (κ3) is 1.97. The highest BCUT2D eigenvalue weighted by atomic mass is 14.6. The van der Waals surface area contributed by atoms with Crippen molar-refractivity contribution in [3.63, 3.8) is 0 Å². The fraction of sp³-hybridized carbons (Fsp3) is 0.800. The fourth-order valence-corrected chi connectivity index (χ4v) is 1.97. The third-order valence-electron chi connectivity index (χ3n) is 2.82. The van der Waals surface area contributed by atoms with E-state index in [-0.39, 0.29) is 0 Å². The van der Waals surface area contributed by atoms with Crippen molar-refractivity contribution in [2.45, 2.75) is 38.5 Å². The van der Waals surface area contributed by atoms with Crippen LogP contribution >= 0.6 is 0 Å². The SMILES string of the molecule is C#CCC1(CN)CCCCC1. The van der Waals surface area contributed by atoms with E-state index in [1.54, 1.807) is 0 Å². The molecule has 1 rings (SSSR count). The van der Waals surface area contributed by atoms with Crippen LogP contribution in [0.2, 0.25) is 0 Å². The van der Waals surface area contributed by atoms with E-state index in [4.69, 9.17) is 12.2 Å². The van der Waals surface area contributed by atoms with Crippen LogP contribution in [0.4, 0.5) is 0 Å². The van der Waals surface area contributed by atoms with Crippen molar-refractivity contribution in [1.82, 2.24) is 0 Å². The maximum absolute atomic E-state index is 5.73. The van der Waals surface area contributed by atoms with Gasteiger partial charge in [-0.05, 0) is 24.8 Å². The van der Waals surface area contributed by atoms with Gasteiger partial charge < -0.3 is 5.73 Å². The van der Waals surface area contributed by atoms with Gasteiger partial charge in [0.25, 0.3) is 0 Å². The monoisotopic (exact) mass is 151 g/mol. The Kier molecular flexibility index (Phi) is 2.96. The summed E-state index contributed by atoms with van der Waals surface area (Å²) >= 11 is 0. The normalized spacial score (nSPS) is 22.5. The van der Waals surface area contributed by atoms with Gasteiger partial charge in [-0.15, -0.1) is 12.3 Å². The lowest BCUT2D eigenvalue weighted by Gasteiger charge is -2.34. The molecule has 0 amide bonds. The molecule has 0 atom stereocenters. The van der Waals surface area contributed by atoms with Gasteiger partial charge in [0, 0.05) is 6.42 Å². The average Bonchev–Trinajstić information content (AvgIpc) is 2.07. The Hall–Kier alpha value is -0.480. The van der Waals surface area contributed by atoms with E-state index in [0.29, 0.717) is 5.41 Å². The Morgan fingerprint density at radius 2 is 1.91 bits per heavy atom. The molecule has 1 heteroatoms. The minimum Gasteiger partial charge on any atom is -0.330 e. The number of hydrogen-bond donors (Lipinski definition) is 1. The molecular weight excluding hydrogens is 134 g/mol. The second-order valence-electron chi connectivity index (χ2n) is 3.65. The zero-order valence-corrected chi connectivity index (χ0v) is 7.10. The predicted octanol–water partition coefficient (Wildman–Crippen LogP) is 1.92. The molecule has 11 heavy (non-hydrogen) atoms. The fourth-order valence-electron chi connectivity index (χ4n) is 1.97. The number of nitrogens with two attached hydrogens (primary N) is 1. The van der Waals surface area contributed by atoms with Gasteiger partial charge in [0.1, 0.15) is 0 Å². The zero-order valence-electron chi connectivity index (χ0n) is 7.10. The summed E-state index contributed by atoms with van der Waals surface area (Å²) in [5.74, 6) is 2.75. The van der Waals surface area contributed by atoms with Gasteiger partial charge in [-0.25, -0.2) is 0 Å². The largest absolute Gasteiger partial charge is 0.330 e. The van der Waals surface area contributed by atoms with Crippen molar-refractivity contribution in [2.75, 3.05) is 6.54 Å². The molecule has 1 aliphatic rings. The van der Waals surface area contributed by atoms with Crippen molar-refractivity contribution in [2.24, 2.45) is 11.1 Å². The van der Waals surface area contributed by atoms with Gasteiger partial charge >= 0.3 is 0 Å². The minimum atomic E-state index is 0.312. The van der Waals surface area contributed by atoms with Crippen molar-refractivity contribution < 1.29 is 0 Å². The maximum Gasteiger partial charge on any atom is 0.0155 e. The van der Waals surface area contributed by atoms with Crippen LogP contribution in [-0.2, 0) is 0 Å². The van der Waals surface area contributed by atoms with Crippen LogP contribution < -0.4 is 5.73 Å². The highest BCUT2D eigenvalue weighted by Crippen LogP contribution is 2.37. The molecule has 0 heterocycles. The van der Waals surface area contributed by atoms with E-state index in [0.717, 1.165) is 13.0 Å². The quantitative estimate of drug-likeness (QED) is 0.599. The molecule has 1 saturated carbocycles. The van der Waals surface area contributed by atoms with Crippen LogP contribution in [0.25, 0.3) is 0 Å². The van der Waals surface area contributed by atoms with Gasteiger partial charge in [-0.2, -0.15) is 0 Å². The first-order chi connectivity index (χ1) is 5.33. The lowest BCUT2D eigenvalue weighted by atomic mass is 9.72. The molecule has 1 nitrogen and oxygen atoms in total. The summed E-state index contributed by atoms with van der Waals surface area (Å²) in [4.78, 5) is 0. The second-order valence-corrected chi connectivity index (χ2v) is 3.65. The summed E-state index contributed by atoms with van der Waals surface area (Å²) in [6.07, 6.45) is 12.7. The molecule has 0 radical (unpaired) electrons. The first-order valence-corrected chi connectivity index (χ1v) is 4.46. The molecule has 62 valence electrons. The molecule has 0 aromatic heterocycles. The Morgan fingerprint density at radius 1 is 1.27 bits per heavy atom. The van der Waals surface area contributed by atoms with Crippen molar-refractivity contribution in [3.8, 4) is 12.3 Å². The van der Waals surface area contributed by atoms with Crippen LogP contribution in [0.5, 0.6) is 0 Å².